The summed E-state index contributed by atoms with van der Waals surface area (Å²) < 4.78 is 5.82. The Balaban J connectivity index is 1.48. The van der Waals surface area contributed by atoms with Gasteiger partial charge in [0, 0.05) is 37.8 Å². The largest absolute Gasteiger partial charge is 0.374 e. The summed E-state index contributed by atoms with van der Waals surface area (Å²) in [5, 5.41) is 14.5. The molecule has 3 heterocycles. The Labute approximate surface area is 134 Å². The summed E-state index contributed by atoms with van der Waals surface area (Å²) in [4.78, 5) is 7.05. The molecule has 1 aliphatic heterocycles. The van der Waals surface area contributed by atoms with Gasteiger partial charge in [-0.25, -0.2) is 4.98 Å². The second-order valence-electron chi connectivity index (χ2n) is 5.30. The Morgan fingerprint density at radius 1 is 1.50 bits per heavy atom. The van der Waals surface area contributed by atoms with Gasteiger partial charge in [-0.3, -0.25) is 4.90 Å². The molecule has 118 valence electrons. The average Bonchev–Trinajstić information content (AvgIpc) is 3.02. The highest BCUT2D eigenvalue weighted by molar-refractivity contribution is 7.09. The SMILES string of the molecule is CCc1nc(CN2CCO[C@H](CNc3cccnn3)C2)cs1. The van der Waals surface area contributed by atoms with Crippen LogP contribution in [0.25, 0.3) is 0 Å². The van der Waals surface area contributed by atoms with Gasteiger partial charge in [0.15, 0.2) is 0 Å². The van der Waals surface area contributed by atoms with Gasteiger partial charge in [0.1, 0.15) is 5.82 Å². The smallest absolute Gasteiger partial charge is 0.148 e. The van der Waals surface area contributed by atoms with Gasteiger partial charge >= 0.3 is 0 Å². The monoisotopic (exact) mass is 319 g/mol. The number of ether oxygens (including phenoxy) is 1. The molecule has 1 saturated heterocycles. The Bertz CT molecular complexity index is 576. The van der Waals surface area contributed by atoms with Crippen molar-refractivity contribution in [3.05, 3.63) is 34.4 Å². The molecule has 7 heteroatoms. The summed E-state index contributed by atoms with van der Waals surface area (Å²) in [6.07, 6.45) is 2.85. The fourth-order valence-electron chi connectivity index (χ4n) is 2.47. The Morgan fingerprint density at radius 3 is 3.23 bits per heavy atom. The predicted octanol–water partition coefficient (Wildman–Crippen LogP) is 1.81. The molecular weight excluding hydrogens is 298 g/mol. The van der Waals surface area contributed by atoms with Crippen molar-refractivity contribution in [1.29, 1.82) is 0 Å². The van der Waals surface area contributed by atoms with E-state index in [1.54, 1.807) is 17.5 Å². The van der Waals surface area contributed by atoms with Gasteiger partial charge in [-0.2, -0.15) is 5.10 Å². The van der Waals surface area contributed by atoms with Crippen LogP contribution in [0, 0.1) is 0 Å². The summed E-state index contributed by atoms with van der Waals surface area (Å²) >= 11 is 1.75. The molecule has 0 saturated carbocycles. The lowest BCUT2D eigenvalue weighted by Gasteiger charge is -2.32. The number of rotatable bonds is 6. The molecule has 0 spiro atoms. The average molecular weight is 319 g/mol. The van der Waals surface area contributed by atoms with E-state index in [0.717, 1.165) is 45.0 Å². The zero-order chi connectivity index (χ0) is 15.2. The minimum atomic E-state index is 0.167. The van der Waals surface area contributed by atoms with Crippen molar-refractivity contribution in [2.75, 3.05) is 31.6 Å². The van der Waals surface area contributed by atoms with Gasteiger partial charge in [-0.1, -0.05) is 6.92 Å². The van der Waals surface area contributed by atoms with Crippen LogP contribution in [-0.2, 0) is 17.7 Å². The van der Waals surface area contributed by atoms with E-state index in [4.69, 9.17) is 4.74 Å². The Morgan fingerprint density at radius 2 is 2.45 bits per heavy atom. The lowest BCUT2D eigenvalue weighted by molar-refractivity contribution is -0.0244. The van der Waals surface area contributed by atoms with Crippen molar-refractivity contribution in [3.63, 3.8) is 0 Å². The lowest BCUT2D eigenvalue weighted by Crippen LogP contribution is -2.44. The molecule has 0 radical (unpaired) electrons. The third-order valence-corrected chi connectivity index (χ3v) is 4.64. The molecule has 22 heavy (non-hydrogen) atoms. The van der Waals surface area contributed by atoms with Gasteiger partial charge in [-0.15, -0.1) is 16.4 Å². The van der Waals surface area contributed by atoms with Crippen molar-refractivity contribution >= 4 is 17.2 Å². The highest BCUT2D eigenvalue weighted by atomic mass is 32.1. The van der Waals surface area contributed by atoms with Gasteiger partial charge in [-0.05, 0) is 18.6 Å². The first-order chi connectivity index (χ1) is 10.8. The number of anilines is 1. The van der Waals surface area contributed by atoms with E-state index in [9.17, 15) is 0 Å². The summed E-state index contributed by atoms with van der Waals surface area (Å²) in [6.45, 7) is 6.42. The molecule has 0 bridgehead atoms. The summed E-state index contributed by atoms with van der Waals surface area (Å²) in [5.74, 6) is 0.787. The second kappa shape index (κ2) is 7.62. The molecule has 0 unspecified atom stereocenters. The Kier molecular flexibility index (Phi) is 5.31. The maximum absolute atomic E-state index is 5.82. The van der Waals surface area contributed by atoms with Crippen molar-refractivity contribution in [1.82, 2.24) is 20.1 Å². The number of thiazole rings is 1. The topological polar surface area (TPSA) is 63.2 Å². The van der Waals surface area contributed by atoms with Gasteiger partial charge in [0.25, 0.3) is 0 Å². The molecular formula is C15H21N5OS. The number of hydrogen-bond acceptors (Lipinski definition) is 7. The van der Waals surface area contributed by atoms with Crippen molar-refractivity contribution in [2.45, 2.75) is 26.0 Å². The molecule has 1 atom stereocenters. The maximum Gasteiger partial charge on any atom is 0.148 e. The zero-order valence-corrected chi connectivity index (χ0v) is 13.6. The van der Waals surface area contributed by atoms with Crippen LogP contribution in [0.5, 0.6) is 0 Å². The molecule has 2 aromatic rings. The highest BCUT2D eigenvalue weighted by Crippen LogP contribution is 2.14. The molecule has 3 rings (SSSR count). The van der Waals surface area contributed by atoms with Crippen LogP contribution in [0.2, 0.25) is 0 Å². The fraction of sp³-hybridized carbons (Fsp3) is 0.533. The minimum Gasteiger partial charge on any atom is -0.374 e. The van der Waals surface area contributed by atoms with Crippen molar-refractivity contribution in [3.8, 4) is 0 Å². The molecule has 1 fully saturated rings. The molecule has 6 nitrogen and oxygen atoms in total. The lowest BCUT2D eigenvalue weighted by atomic mass is 10.2. The third-order valence-electron chi connectivity index (χ3n) is 3.59. The van der Waals surface area contributed by atoms with Crippen LogP contribution in [0.4, 0.5) is 5.82 Å². The van der Waals surface area contributed by atoms with Crippen LogP contribution in [-0.4, -0.2) is 52.4 Å². The van der Waals surface area contributed by atoms with Gasteiger partial charge in [0.2, 0.25) is 0 Å². The first-order valence-electron chi connectivity index (χ1n) is 7.62. The van der Waals surface area contributed by atoms with Crippen molar-refractivity contribution in [2.24, 2.45) is 0 Å². The van der Waals surface area contributed by atoms with Crippen LogP contribution in [0.3, 0.4) is 0 Å². The van der Waals surface area contributed by atoms with E-state index < -0.39 is 0 Å². The van der Waals surface area contributed by atoms with E-state index in [0.29, 0.717) is 0 Å². The standard InChI is InChI=1S/C15H21N5OS/c1-2-15-18-12(11-22-15)9-20-6-7-21-13(10-20)8-16-14-4-3-5-17-19-14/h3-5,11,13H,2,6-10H2,1H3,(H,16,19)/t13-/m1/s1. The van der Waals surface area contributed by atoms with Crippen LogP contribution < -0.4 is 5.32 Å². The van der Waals surface area contributed by atoms with Crippen LogP contribution in [0.15, 0.2) is 23.7 Å². The van der Waals surface area contributed by atoms with E-state index in [2.05, 4.69) is 37.7 Å². The van der Waals surface area contributed by atoms with E-state index in [1.807, 2.05) is 12.1 Å². The summed E-state index contributed by atoms with van der Waals surface area (Å²) in [6, 6.07) is 3.78. The summed E-state index contributed by atoms with van der Waals surface area (Å²) in [5.41, 5.74) is 1.17. The summed E-state index contributed by atoms with van der Waals surface area (Å²) in [7, 11) is 0. The molecule has 0 aromatic carbocycles. The zero-order valence-electron chi connectivity index (χ0n) is 12.7. The van der Waals surface area contributed by atoms with Gasteiger partial charge in [0.05, 0.1) is 23.4 Å². The normalized spacial score (nSPS) is 19.2. The van der Waals surface area contributed by atoms with Crippen LogP contribution >= 0.6 is 11.3 Å². The quantitative estimate of drug-likeness (QED) is 0.876. The number of nitrogens with one attached hydrogen (secondary N) is 1. The maximum atomic E-state index is 5.82. The number of aromatic nitrogens is 3. The molecule has 0 aliphatic carbocycles. The van der Waals surface area contributed by atoms with Crippen LogP contribution in [0.1, 0.15) is 17.6 Å². The number of aryl methyl sites for hydroxylation is 1. The first kappa shape index (κ1) is 15.3. The predicted molar refractivity (Wildman–Crippen MR) is 87.0 cm³/mol. The second-order valence-corrected chi connectivity index (χ2v) is 6.25. The van der Waals surface area contributed by atoms with Gasteiger partial charge < -0.3 is 10.1 Å². The molecule has 1 N–H and O–H groups in total. The minimum absolute atomic E-state index is 0.167. The van der Waals surface area contributed by atoms with E-state index in [1.165, 1.54) is 10.7 Å². The number of morpholine rings is 1. The first-order valence-corrected chi connectivity index (χ1v) is 8.50. The number of nitrogens with zero attached hydrogens (tertiary/aromatic N) is 4. The van der Waals surface area contributed by atoms with Crippen molar-refractivity contribution < 1.29 is 4.74 Å². The highest BCUT2D eigenvalue weighted by Gasteiger charge is 2.21. The molecule has 1 aliphatic rings. The molecule has 0 amide bonds. The fourth-order valence-corrected chi connectivity index (χ4v) is 3.21. The Hall–Kier alpha value is -1.57. The third kappa shape index (κ3) is 4.22. The number of hydrogen-bond donors (Lipinski definition) is 1. The van der Waals surface area contributed by atoms with E-state index >= 15 is 0 Å². The molecule has 2 aromatic heterocycles. The van der Waals surface area contributed by atoms with E-state index in [-0.39, 0.29) is 6.10 Å².